The minimum Gasteiger partial charge on any atom is -0.367 e. The molecule has 8 nitrogen and oxygen atoms in total. The van der Waals surface area contributed by atoms with Gasteiger partial charge in [0.25, 0.3) is 0 Å². The summed E-state index contributed by atoms with van der Waals surface area (Å²) in [6.45, 7) is 4.29. The average Bonchev–Trinajstić information content (AvgIpc) is 3.17. The number of nitrogens with one attached hydrogen (secondary N) is 2. The highest BCUT2D eigenvalue weighted by Crippen LogP contribution is 2.24. The highest BCUT2D eigenvalue weighted by atomic mass is 16.2. The van der Waals surface area contributed by atoms with Crippen molar-refractivity contribution in [3.8, 4) is 0 Å². The van der Waals surface area contributed by atoms with E-state index in [1.54, 1.807) is 0 Å². The third-order valence-corrected chi connectivity index (χ3v) is 3.97. The number of H-pyrrole nitrogens is 1. The van der Waals surface area contributed by atoms with Gasteiger partial charge in [-0.25, -0.2) is 4.98 Å². The van der Waals surface area contributed by atoms with Gasteiger partial charge in [0.2, 0.25) is 11.9 Å². The molecular weight excluding hydrogens is 306 g/mol. The van der Waals surface area contributed by atoms with Gasteiger partial charge in [-0.1, -0.05) is 26.0 Å². The van der Waals surface area contributed by atoms with Gasteiger partial charge in [0.05, 0.1) is 17.6 Å². The van der Waals surface area contributed by atoms with Crippen LogP contribution in [0.3, 0.4) is 0 Å². The zero-order valence-electron chi connectivity index (χ0n) is 13.8. The van der Waals surface area contributed by atoms with Crippen molar-refractivity contribution in [3.05, 3.63) is 35.9 Å². The molecule has 0 unspecified atom stereocenters. The molecule has 8 heteroatoms. The lowest BCUT2D eigenvalue weighted by atomic mass is 10.2. The van der Waals surface area contributed by atoms with Crippen LogP contribution >= 0.6 is 0 Å². The number of rotatable bonds is 6. The van der Waals surface area contributed by atoms with Gasteiger partial charge in [-0.3, -0.25) is 9.89 Å². The monoisotopic (exact) mass is 327 g/mol. The SMILES string of the molecule is CCc1nc2ccccc2n1[C@H](CC)C(=O)NCc1nc(N)n[nH]1. The molecule has 0 fully saturated rings. The van der Waals surface area contributed by atoms with Gasteiger partial charge in [0.1, 0.15) is 17.7 Å². The highest BCUT2D eigenvalue weighted by molar-refractivity contribution is 5.84. The number of imidazole rings is 1. The van der Waals surface area contributed by atoms with Crippen molar-refractivity contribution in [2.75, 3.05) is 5.73 Å². The van der Waals surface area contributed by atoms with Gasteiger partial charge < -0.3 is 15.6 Å². The smallest absolute Gasteiger partial charge is 0.243 e. The summed E-state index contributed by atoms with van der Waals surface area (Å²) in [6.07, 6.45) is 1.43. The Morgan fingerprint density at radius 3 is 2.79 bits per heavy atom. The minimum absolute atomic E-state index is 0.0784. The number of aromatic amines is 1. The van der Waals surface area contributed by atoms with Crippen LogP contribution in [0.15, 0.2) is 24.3 Å². The normalized spacial score (nSPS) is 12.4. The quantitative estimate of drug-likeness (QED) is 0.635. The number of carbonyl (C=O) groups is 1. The number of benzene rings is 1. The Morgan fingerprint density at radius 1 is 1.33 bits per heavy atom. The fourth-order valence-electron chi connectivity index (χ4n) is 2.85. The third kappa shape index (κ3) is 2.94. The van der Waals surface area contributed by atoms with Crippen molar-refractivity contribution in [1.29, 1.82) is 0 Å². The number of hydrogen-bond acceptors (Lipinski definition) is 5. The molecule has 3 rings (SSSR count). The summed E-state index contributed by atoms with van der Waals surface area (Å²) in [6, 6.07) is 7.55. The molecule has 0 saturated carbocycles. The Hall–Kier alpha value is -2.90. The third-order valence-electron chi connectivity index (χ3n) is 3.97. The number of anilines is 1. The van der Waals surface area contributed by atoms with Crippen LogP contribution in [0.5, 0.6) is 0 Å². The van der Waals surface area contributed by atoms with Crippen LogP contribution in [0.25, 0.3) is 11.0 Å². The van der Waals surface area contributed by atoms with E-state index in [9.17, 15) is 4.79 Å². The number of carbonyl (C=O) groups excluding carboxylic acids is 1. The lowest BCUT2D eigenvalue weighted by molar-refractivity contribution is -0.124. The molecule has 2 heterocycles. The molecule has 0 spiro atoms. The summed E-state index contributed by atoms with van der Waals surface area (Å²) in [5.74, 6) is 1.52. The summed E-state index contributed by atoms with van der Waals surface area (Å²) in [5.41, 5.74) is 7.35. The first kappa shape index (κ1) is 16.0. The topological polar surface area (TPSA) is 115 Å². The average molecular weight is 327 g/mol. The number of nitrogens with zero attached hydrogens (tertiary/aromatic N) is 4. The van der Waals surface area contributed by atoms with Crippen molar-refractivity contribution in [3.63, 3.8) is 0 Å². The number of nitrogens with two attached hydrogens (primary N) is 1. The molecular formula is C16H21N7O. The van der Waals surface area contributed by atoms with Gasteiger partial charge in [-0.05, 0) is 18.6 Å². The molecule has 0 aliphatic rings. The second kappa shape index (κ2) is 6.69. The Labute approximate surface area is 139 Å². The van der Waals surface area contributed by atoms with Crippen LogP contribution in [0.4, 0.5) is 5.95 Å². The molecule has 126 valence electrons. The number of aromatic nitrogens is 5. The van der Waals surface area contributed by atoms with Crippen molar-refractivity contribution < 1.29 is 4.79 Å². The van der Waals surface area contributed by atoms with Crippen molar-refractivity contribution >= 4 is 22.9 Å². The van der Waals surface area contributed by atoms with Crippen LogP contribution in [-0.2, 0) is 17.8 Å². The summed E-state index contributed by atoms with van der Waals surface area (Å²) in [4.78, 5) is 21.3. The molecule has 2 aromatic heterocycles. The van der Waals surface area contributed by atoms with E-state index in [0.717, 1.165) is 23.3 Å². The zero-order chi connectivity index (χ0) is 17.1. The molecule has 1 atom stereocenters. The second-order valence-electron chi connectivity index (χ2n) is 5.52. The number of hydrogen-bond donors (Lipinski definition) is 3. The molecule has 1 aromatic carbocycles. The lowest BCUT2D eigenvalue weighted by Gasteiger charge is -2.19. The van der Waals surface area contributed by atoms with Crippen LogP contribution < -0.4 is 11.1 Å². The number of nitrogen functional groups attached to an aromatic ring is 1. The first-order chi connectivity index (χ1) is 11.6. The van der Waals surface area contributed by atoms with E-state index in [1.165, 1.54) is 0 Å². The van der Waals surface area contributed by atoms with Crippen molar-refractivity contribution in [1.82, 2.24) is 30.0 Å². The van der Waals surface area contributed by atoms with Gasteiger partial charge in [-0.2, -0.15) is 4.98 Å². The Balaban J connectivity index is 1.86. The number of fused-ring (bicyclic) bond motifs is 1. The predicted molar refractivity (Wildman–Crippen MR) is 91.1 cm³/mol. The van der Waals surface area contributed by atoms with Crippen molar-refractivity contribution in [2.45, 2.75) is 39.3 Å². The molecule has 24 heavy (non-hydrogen) atoms. The van der Waals surface area contributed by atoms with Crippen molar-refractivity contribution in [2.24, 2.45) is 0 Å². The molecule has 0 aliphatic heterocycles. The van der Waals surface area contributed by atoms with Gasteiger partial charge >= 0.3 is 0 Å². The first-order valence-electron chi connectivity index (χ1n) is 8.04. The molecule has 1 amide bonds. The van der Waals surface area contributed by atoms with E-state index in [4.69, 9.17) is 5.73 Å². The fraction of sp³-hybridized carbons (Fsp3) is 0.375. The standard InChI is InChI=1S/C16H21N7O/c1-3-11(15(24)18-9-13-20-16(17)22-21-13)23-12-8-6-5-7-10(12)19-14(23)4-2/h5-8,11H,3-4,9H2,1-2H3,(H,18,24)(H3,17,20,21,22)/t11-/m1/s1. The molecule has 3 aromatic rings. The van der Waals surface area contributed by atoms with Crippen LogP contribution in [-0.4, -0.2) is 30.6 Å². The molecule has 0 bridgehead atoms. The van der Waals surface area contributed by atoms with E-state index in [-0.39, 0.29) is 24.4 Å². The van der Waals surface area contributed by atoms with Gasteiger partial charge in [-0.15, -0.1) is 5.10 Å². The van der Waals surface area contributed by atoms with E-state index in [2.05, 4.69) is 25.5 Å². The molecule has 4 N–H and O–H groups in total. The van der Waals surface area contributed by atoms with E-state index in [0.29, 0.717) is 12.2 Å². The zero-order valence-corrected chi connectivity index (χ0v) is 13.8. The van der Waals surface area contributed by atoms with Gasteiger partial charge in [0.15, 0.2) is 0 Å². The molecule has 0 radical (unpaired) electrons. The minimum atomic E-state index is -0.326. The Bertz CT molecular complexity index is 851. The largest absolute Gasteiger partial charge is 0.367 e. The molecule has 0 aliphatic carbocycles. The maximum absolute atomic E-state index is 12.7. The summed E-state index contributed by atoms with van der Waals surface area (Å²) in [5, 5.41) is 9.33. The van der Waals surface area contributed by atoms with E-state index in [1.807, 2.05) is 42.7 Å². The fourth-order valence-corrected chi connectivity index (χ4v) is 2.85. The predicted octanol–water partition coefficient (Wildman–Crippen LogP) is 1.57. The number of amides is 1. The van der Waals surface area contributed by atoms with E-state index >= 15 is 0 Å². The number of aryl methyl sites for hydroxylation is 1. The Kier molecular flexibility index (Phi) is 4.45. The Morgan fingerprint density at radius 2 is 2.12 bits per heavy atom. The number of para-hydroxylation sites is 2. The summed E-state index contributed by atoms with van der Waals surface area (Å²) in [7, 11) is 0. The van der Waals surface area contributed by atoms with E-state index < -0.39 is 0 Å². The first-order valence-corrected chi connectivity index (χ1v) is 8.04. The summed E-state index contributed by atoms with van der Waals surface area (Å²) < 4.78 is 2.03. The summed E-state index contributed by atoms with van der Waals surface area (Å²) >= 11 is 0. The maximum atomic E-state index is 12.7. The molecule has 0 saturated heterocycles. The maximum Gasteiger partial charge on any atom is 0.243 e. The van der Waals surface area contributed by atoms with Crippen LogP contribution in [0.2, 0.25) is 0 Å². The highest BCUT2D eigenvalue weighted by Gasteiger charge is 2.23. The van der Waals surface area contributed by atoms with Crippen LogP contribution in [0, 0.1) is 0 Å². The van der Waals surface area contributed by atoms with Gasteiger partial charge in [0, 0.05) is 6.42 Å². The lowest BCUT2D eigenvalue weighted by Crippen LogP contribution is -2.33. The van der Waals surface area contributed by atoms with Crippen LogP contribution in [0.1, 0.15) is 38.0 Å². The second-order valence-corrected chi connectivity index (χ2v) is 5.52.